The average molecular weight is 284 g/mol. The van der Waals surface area contributed by atoms with Crippen molar-refractivity contribution < 1.29 is 19.4 Å². The minimum absolute atomic E-state index is 0.0475. The minimum Gasteiger partial charge on any atom is -0.507 e. The maximum atomic E-state index is 12.1. The summed E-state index contributed by atoms with van der Waals surface area (Å²) in [5.41, 5.74) is 2.39. The second-order valence-electron chi connectivity index (χ2n) is 4.83. The molecular weight excluding hydrogens is 268 g/mol. The second kappa shape index (κ2) is 6.22. The molecule has 0 aliphatic rings. The lowest BCUT2D eigenvalue weighted by molar-refractivity contribution is 0.0471. The molecule has 21 heavy (non-hydrogen) atoms. The van der Waals surface area contributed by atoms with Crippen LogP contribution in [0.3, 0.4) is 0 Å². The summed E-state index contributed by atoms with van der Waals surface area (Å²) in [4.78, 5) is 23.9. The Bertz CT molecular complexity index is 689. The average Bonchev–Trinajstić information content (AvgIpc) is 2.47. The third-order valence-electron chi connectivity index (χ3n) is 3.15. The molecule has 0 saturated carbocycles. The number of benzene rings is 2. The summed E-state index contributed by atoms with van der Waals surface area (Å²) in [5, 5.41) is 9.56. The zero-order valence-electron chi connectivity index (χ0n) is 11.9. The topological polar surface area (TPSA) is 63.6 Å². The van der Waals surface area contributed by atoms with Crippen LogP contribution in [-0.4, -0.2) is 23.5 Å². The molecule has 0 fully saturated rings. The summed E-state index contributed by atoms with van der Waals surface area (Å²) in [6.45, 7) is 3.37. The van der Waals surface area contributed by atoms with E-state index in [1.165, 1.54) is 12.1 Å². The van der Waals surface area contributed by atoms with Gasteiger partial charge < -0.3 is 9.84 Å². The van der Waals surface area contributed by atoms with Crippen molar-refractivity contribution in [2.24, 2.45) is 0 Å². The fourth-order valence-corrected chi connectivity index (χ4v) is 1.97. The molecule has 2 aromatic rings. The van der Waals surface area contributed by atoms with Crippen LogP contribution in [0.5, 0.6) is 5.75 Å². The largest absolute Gasteiger partial charge is 0.507 e. The van der Waals surface area contributed by atoms with Gasteiger partial charge >= 0.3 is 5.97 Å². The van der Waals surface area contributed by atoms with E-state index in [9.17, 15) is 14.7 Å². The van der Waals surface area contributed by atoms with Crippen molar-refractivity contribution in [1.29, 1.82) is 0 Å². The number of Topliss-reactive ketones (excluding diaryl/α,β-unsaturated/α-hetero) is 1. The highest BCUT2D eigenvalue weighted by atomic mass is 16.5. The standard InChI is InChI=1S/C17H16O4/c1-11-7-8-12(2)14(9-11)16(19)10-21-17(20)13-5-3-4-6-15(13)18/h3-9,18H,10H2,1-2H3. The van der Waals surface area contributed by atoms with E-state index in [1.54, 1.807) is 18.2 Å². The number of esters is 1. The molecule has 4 heteroatoms. The number of phenolic OH excluding ortho intramolecular Hbond substituents is 1. The summed E-state index contributed by atoms with van der Waals surface area (Å²) in [6, 6.07) is 11.6. The van der Waals surface area contributed by atoms with Crippen molar-refractivity contribution in [2.45, 2.75) is 13.8 Å². The van der Waals surface area contributed by atoms with Crippen LogP contribution in [0.25, 0.3) is 0 Å². The Hall–Kier alpha value is -2.62. The molecule has 2 rings (SSSR count). The third-order valence-corrected chi connectivity index (χ3v) is 3.15. The lowest BCUT2D eigenvalue weighted by Gasteiger charge is -2.08. The first-order chi connectivity index (χ1) is 9.99. The molecule has 0 aliphatic carbocycles. The predicted octanol–water partition coefficient (Wildman–Crippen LogP) is 3.05. The molecule has 0 radical (unpaired) electrons. The lowest BCUT2D eigenvalue weighted by atomic mass is 10.0. The quantitative estimate of drug-likeness (QED) is 0.692. The monoisotopic (exact) mass is 284 g/mol. The number of carbonyl (C=O) groups is 2. The van der Waals surface area contributed by atoms with Gasteiger partial charge in [-0.2, -0.15) is 0 Å². The molecular formula is C17H16O4. The number of ketones is 1. The fraction of sp³-hybridized carbons (Fsp3) is 0.176. The summed E-state index contributed by atoms with van der Waals surface area (Å²) in [5.74, 6) is -1.14. The Morgan fingerprint density at radius 2 is 1.76 bits per heavy atom. The number of rotatable bonds is 4. The van der Waals surface area contributed by atoms with Crippen LogP contribution in [0, 0.1) is 13.8 Å². The van der Waals surface area contributed by atoms with Gasteiger partial charge in [0, 0.05) is 5.56 Å². The maximum absolute atomic E-state index is 12.1. The van der Waals surface area contributed by atoms with Gasteiger partial charge in [0.25, 0.3) is 0 Å². The van der Waals surface area contributed by atoms with E-state index in [4.69, 9.17) is 4.74 Å². The van der Waals surface area contributed by atoms with E-state index in [2.05, 4.69) is 0 Å². The van der Waals surface area contributed by atoms with Gasteiger partial charge in [-0.3, -0.25) is 4.79 Å². The van der Waals surface area contributed by atoms with Crippen molar-refractivity contribution >= 4 is 11.8 Å². The third kappa shape index (κ3) is 3.48. The Morgan fingerprint density at radius 3 is 2.48 bits per heavy atom. The number of hydrogen-bond acceptors (Lipinski definition) is 4. The molecule has 2 aromatic carbocycles. The first kappa shape index (κ1) is 14.8. The van der Waals surface area contributed by atoms with Gasteiger partial charge in [0.05, 0.1) is 0 Å². The molecule has 0 aliphatic heterocycles. The van der Waals surface area contributed by atoms with Crippen LogP contribution in [0.15, 0.2) is 42.5 Å². The van der Waals surface area contributed by atoms with E-state index in [1.807, 2.05) is 26.0 Å². The predicted molar refractivity (Wildman–Crippen MR) is 78.6 cm³/mol. The van der Waals surface area contributed by atoms with Gasteiger partial charge in [-0.25, -0.2) is 4.79 Å². The molecule has 108 valence electrons. The molecule has 0 spiro atoms. The fourth-order valence-electron chi connectivity index (χ4n) is 1.97. The Balaban J connectivity index is 2.06. The number of phenols is 1. The smallest absolute Gasteiger partial charge is 0.342 e. The van der Waals surface area contributed by atoms with Crippen LogP contribution in [0.1, 0.15) is 31.8 Å². The van der Waals surface area contributed by atoms with Crippen LogP contribution in [0.4, 0.5) is 0 Å². The van der Waals surface area contributed by atoms with Gasteiger partial charge in [-0.1, -0.05) is 29.8 Å². The summed E-state index contributed by atoms with van der Waals surface area (Å²) in [7, 11) is 0. The van der Waals surface area contributed by atoms with Crippen LogP contribution < -0.4 is 0 Å². The number of hydrogen-bond donors (Lipinski definition) is 1. The zero-order valence-corrected chi connectivity index (χ0v) is 11.9. The van der Waals surface area contributed by atoms with Crippen LogP contribution in [0.2, 0.25) is 0 Å². The van der Waals surface area contributed by atoms with E-state index >= 15 is 0 Å². The summed E-state index contributed by atoms with van der Waals surface area (Å²) < 4.78 is 4.97. The van der Waals surface area contributed by atoms with Crippen molar-refractivity contribution in [1.82, 2.24) is 0 Å². The Kier molecular flexibility index (Phi) is 4.38. The number of ether oxygens (including phenoxy) is 1. The summed E-state index contributed by atoms with van der Waals surface area (Å²) >= 11 is 0. The van der Waals surface area contributed by atoms with Crippen LogP contribution in [-0.2, 0) is 4.74 Å². The number of para-hydroxylation sites is 1. The van der Waals surface area contributed by atoms with Crippen molar-refractivity contribution in [3.8, 4) is 5.75 Å². The number of aryl methyl sites for hydroxylation is 2. The molecule has 0 atom stereocenters. The maximum Gasteiger partial charge on any atom is 0.342 e. The minimum atomic E-state index is -0.716. The Labute approximate surface area is 123 Å². The van der Waals surface area contributed by atoms with Gasteiger partial charge in [0.2, 0.25) is 5.78 Å². The first-order valence-corrected chi connectivity index (χ1v) is 6.54. The van der Waals surface area contributed by atoms with Gasteiger partial charge in [-0.05, 0) is 37.6 Å². The van der Waals surface area contributed by atoms with Crippen molar-refractivity contribution in [3.63, 3.8) is 0 Å². The molecule has 0 unspecified atom stereocenters. The van der Waals surface area contributed by atoms with Gasteiger partial charge in [-0.15, -0.1) is 0 Å². The molecule has 1 N–H and O–H groups in total. The first-order valence-electron chi connectivity index (χ1n) is 6.54. The SMILES string of the molecule is Cc1ccc(C)c(C(=O)COC(=O)c2ccccc2O)c1. The van der Waals surface area contributed by atoms with E-state index in [-0.39, 0.29) is 23.7 Å². The number of carbonyl (C=O) groups excluding carboxylic acids is 2. The molecule has 0 amide bonds. The molecule has 0 heterocycles. The second-order valence-corrected chi connectivity index (χ2v) is 4.83. The highest BCUT2D eigenvalue weighted by Crippen LogP contribution is 2.17. The van der Waals surface area contributed by atoms with E-state index < -0.39 is 5.97 Å². The molecule has 0 saturated heterocycles. The normalized spacial score (nSPS) is 10.2. The Morgan fingerprint density at radius 1 is 1.05 bits per heavy atom. The van der Waals surface area contributed by atoms with E-state index in [0.29, 0.717) is 5.56 Å². The van der Waals surface area contributed by atoms with Crippen molar-refractivity contribution in [3.05, 3.63) is 64.7 Å². The van der Waals surface area contributed by atoms with Crippen LogP contribution >= 0.6 is 0 Å². The summed E-state index contributed by atoms with van der Waals surface area (Å²) in [6.07, 6.45) is 0. The number of aromatic hydroxyl groups is 1. The van der Waals surface area contributed by atoms with E-state index in [0.717, 1.165) is 11.1 Å². The highest BCUT2D eigenvalue weighted by molar-refractivity contribution is 6.01. The van der Waals surface area contributed by atoms with Gasteiger partial charge in [0.15, 0.2) is 6.61 Å². The molecule has 4 nitrogen and oxygen atoms in total. The lowest BCUT2D eigenvalue weighted by Crippen LogP contribution is -2.15. The highest BCUT2D eigenvalue weighted by Gasteiger charge is 2.15. The molecule has 0 aromatic heterocycles. The van der Waals surface area contributed by atoms with Crippen molar-refractivity contribution in [2.75, 3.05) is 6.61 Å². The zero-order chi connectivity index (χ0) is 15.4. The molecule has 0 bridgehead atoms. The van der Waals surface area contributed by atoms with Gasteiger partial charge in [0.1, 0.15) is 11.3 Å².